The number of carboxylic acid groups (broad SMARTS) is 1. The van der Waals surface area contributed by atoms with E-state index in [2.05, 4.69) is 5.32 Å². The number of carboxylic acids is 1. The SMILES string of the molecule is Cc1ccc(N(CCC(=O)O)C(=O)Nc2ccsc2)cc1. The van der Waals surface area contributed by atoms with Gasteiger partial charge in [0.2, 0.25) is 0 Å². The summed E-state index contributed by atoms with van der Waals surface area (Å²) in [5.74, 6) is -0.935. The van der Waals surface area contributed by atoms with Crippen LogP contribution in [0.15, 0.2) is 41.1 Å². The quantitative estimate of drug-likeness (QED) is 0.887. The molecule has 0 aliphatic rings. The molecule has 110 valence electrons. The lowest BCUT2D eigenvalue weighted by atomic mass is 10.2. The van der Waals surface area contributed by atoms with Gasteiger partial charge in [0.15, 0.2) is 0 Å². The third-order valence-electron chi connectivity index (χ3n) is 2.91. The van der Waals surface area contributed by atoms with Crippen molar-refractivity contribution in [2.24, 2.45) is 0 Å². The first-order chi connectivity index (χ1) is 10.1. The van der Waals surface area contributed by atoms with E-state index in [0.29, 0.717) is 11.4 Å². The number of aliphatic carboxylic acids is 1. The van der Waals surface area contributed by atoms with E-state index in [1.54, 1.807) is 6.07 Å². The van der Waals surface area contributed by atoms with Crippen LogP contribution in [0.3, 0.4) is 0 Å². The topological polar surface area (TPSA) is 69.6 Å². The number of rotatable bonds is 5. The lowest BCUT2D eigenvalue weighted by molar-refractivity contribution is -0.136. The van der Waals surface area contributed by atoms with Gasteiger partial charge in [0.05, 0.1) is 12.1 Å². The molecule has 2 N–H and O–H groups in total. The zero-order valence-electron chi connectivity index (χ0n) is 11.6. The number of carbonyl (C=O) groups excluding carboxylic acids is 1. The normalized spacial score (nSPS) is 10.1. The highest BCUT2D eigenvalue weighted by molar-refractivity contribution is 7.08. The number of nitrogens with zero attached hydrogens (tertiary/aromatic N) is 1. The van der Waals surface area contributed by atoms with Crippen molar-refractivity contribution in [3.8, 4) is 0 Å². The molecule has 0 radical (unpaired) electrons. The third kappa shape index (κ3) is 4.32. The third-order valence-corrected chi connectivity index (χ3v) is 3.60. The average molecular weight is 304 g/mol. The number of urea groups is 1. The van der Waals surface area contributed by atoms with Crippen LogP contribution in [0.5, 0.6) is 0 Å². The smallest absolute Gasteiger partial charge is 0.326 e. The number of benzene rings is 1. The highest BCUT2D eigenvalue weighted by Gasteiger charge is 2.17. The van der Waals surface area contributed by atoms with Gasteiger partial charge in [0.25, 0.3) is 0 Å². The van der Waals surface area contributed by atoms with Crippen molar-refractivity contribution in [1.29, 1.82) is 0 Å². The number of aryl methyl sites for hydroxylation is 1. The molecule has 0 spiro atoms. The molecule has 1 aromatic carbocycles. The molecule has 0 aliphatic carbocycles. The summed E-state index contributed by atoms with van der Waals surface area (Å²) in [5.41, 5.74) is 2.46. The maximum atomic E-state index is 12.3. The Morgan fingerprint density at radius 3 is 2.52 bits per heavy atom. The largest absolute Gasteiger partial charge is 0.481 e. The summed E-state index contributed by atoms with van der Waals surface area (Å²) < 4.78 is 0. The maximum absolute atomic E-state index is 12.3. The Bertz CT molecular complexity index is 608. The summed E-state index contributed by atoms with van der Waals surface area (Å²) in [6.45, 7) is 2.07. The molecule has 6 heteroatoms. The number of nitrogens with one attached hydrogen (secondary N) is 1. The van der Waals surface area contributed by atoms with Crippen molar-refractivity contribution >= 4 is 34.7 Å². The Hall–Kier alpha value is -2.34. The first-order valence-electron chi connectivity index (χ1n) is 6.45. The molecule has 2 rings (SSSR count). The summed E-state index contributed by atoms with van der Waals surface area (Å²) >= 11 is 1.48. The fourth-order valence-corrected chi connectivity index (χ4v) is 2.39. The van der Waals surface area contributed by atoms with Crippen molar-refractivity contribution < 1.29 is 14.7 Å². The molecule has 0 saturated carbocycles. The minimum absolute atomic E-state index is 0.106. The standard InChI is InChI=1S/C15H16N2O3S/c1-11-2-4-13(5-3-11)17(8-6-14(18)19)15(20)16-12-7-9-21-10-12/h2-5,7,9-10H,6,8H2,1H3,(H,16,20)(H,18,19). The van der Waals surface area contributed by atoms with Crippen LogP contribution in [0.1, 0.15) is 12.0 Å². The molecule has 0 fully saturated rings. The number of thiophene rings is 1. The van der Waals surface area contributed by atoms with Crippen molar-refractivity contribution in [2.75, 3.05) is 16.8 Å². The van der Waals surface area contributed by atoms with Crippen molar-refractivity contribution in [2.45, 2.75) is 13.3 Å². The zero-order chi connectivity index (χ0) is 15.2. The van der Waals surface area contributed by atoms with Crippen molar-refractivity contribution in [1.82, 2.24) is 0 Å². The van der Waals surface area contributed by atoms with Gasteiger partial charge in [0.1, 0.15) is 0 Å². The Kier molecular flexibility index (Phi) is 4.94. The summed E-state index contributed by atoms with van der Waals surface area (Å²) in [4.78, 5) is 24.5. The minimum atomic E-state index is -0.935. The van der Waals surface area contributed by atoms with Crippen LogP contribution >= 0.6 is 11.3 Å². The van der Waals surface area contributed by atoms with Gasteiger partial charge in [-0.15, -0.1) is 0 Å². The molecule has 0 unspecified atom stereocenters. The monoisotopic (exact) mass is 304 g/mol. The van der Waals surface area contributed by atoms with E-state index in [1.807, 2.05) is 41.9 Å². The Labute approximate surface area is 126 Å². The van der Waals surface area contributed by atoms with Gasteiger partial charge in [-0.2, -0.15) is 11.3 Å². The zero-order valence-corrected chi connectivity index (χ0v) is 12.4. The predicted octanol–water partition coefficient (Wildman–Crippen LogP) is 3.57. The predicted molar refractivity (Wildman–Crippen MR) is 84.1 cm³/mol. The van der Waals surface area contributed by atoms with E-state index in [9.17, 15) is 9.59 Å². The molecule has 0 bridgehead atoms. The molecular formula is C15H16N2O3S. The number of carbonyl (C=O) groups is 2. The van der Waals surface area contributed by atoms with Crippen LogP contribution < -0.4 is 10.2 Å². The summed E-state index contributed by atoms with van der Waals surface area (Å²) in [6, 6.07) is 8.86. The molecule has 0 aliphatic heterocycles. The second kappa shape index (κ2) is 6.90. The van der Waals surface area contributed by atoms with Gasteiger partial charge in [0, 0.05) is 17.6 Å². The Morgan fingerprint density at radius 1 is 1.24 bits per heavy atom. The number of hydrogen-bond acceptors (Lipinski definition) is 3. The van der Waals surface area contributed by atoms with Gasteiger partial charge >= 0.3 is 12.0 Å². The fourth-order valence-electron chi connectivity index (χ4n) is 1.81. The number of hydrogen-bond donors (Lipinski definition) is 2. The first kappa shape index (κ1) is 15.1. The van der Waals surface area contributed by atoms with E-state index >= 15 is 0 Å². The lowest BCUT2D eigenvalue weighted by Gasteiger charge is -2.22. The Balaban J connectivity index is 2.16. The van der Waals surface area contributed by atoms with Crippen LogP contribution in [-0.2, 0) is 4.79 Å². The molecule has 1 aromatic heterocycles. The number of anilines is 2. The maximum Gasteiger partial charge on any atom is 0.326 e. The van der Waals surface area contributed by atoms with Crippen LogP contribution in [-0.4, -0.2) is 23.7 Å². The molecule has 0 atom stereocenters. The molecule has 21 heavy (non-hydrogen) atoms. The summed E-state index contributed by atoms with van der Waals surface area (Å²) in [5, 5.41) is 15.3. The molecule has 2 amide bonds. The average Bonchev–Trinajstić information content (AvgIpc) is 2.93. The van der Waals surface area contributed by atoms with E-state index in [4.69, 9.17) is 5.11 Å². The molecule has 5 nitrogen and oxygen atoms in total. The molecule has 0 saturated heterocycles. The molecular weight excluding hydrogens is 288 g/mol. The summed E-state index contributed by atoms with van der Waals surface area (Å²) in [6.07, 6.45) is -0.106. The highest BCUT2D eigenvalue weighted by Crippen LogP contribution is 2.18. The van der Waals surface area contributed by atoms with E-state index < -0.39 is 5.97 Å². The second-order valence-electron chi connectivity index (χ2n) is 4.57. The van der Waals surface area contributed by atoms with Gasteiger partial charge < -0.3 is 10.4 Å². The van der Waals surface area contributed by atoms with Gasteiger partial charge in [-0.1, -0.05) is 17.7 Å². The van der Waals surface area contributed by atoms with Gasteiger partial charge in [-0.25, -0.2) is 4.79 Å². The van der Waals surface area contributed by atoms with Crippen LogP contribution in [0.4, 0.5) is 16.2 Å². The molecule has 2 aromatic rings. The highest BCUT2D eigenvalue weighted by atomic mass is 32.1. The van der Waals surface area contributed by atoms with E-state index in [1.165, 1.54) is 16.2 Å². The minimum Gasteiger partial charge on any atom is -0.481 e. The number of amides is 2. The van der Waals surface area contributed by atoms with Crippen molar-refractivity contribution in [3.63, 3.8) is 0 Å². The van der Waals surface area contributed by atoms with E-state index in [-0.39, 0.29) is 19.0 Å². The second-order valence-corrected chi connectivity index (χ2v) is 5.35. The Morgan fingerprint density at radius 2 is 1.95 bits per heavy atom. The molecule has 1 heterocycles. The van der Waals surface area contributed by atoms with Crippen LogP contribution in [0.25, 0.3) is 0 Å². The summed E-state index contributed by atoms with van der Waals surface area (Å²) in [7, 11) is 0. The van der Waals surface area contributed by atoms with Gasteiger partial charge in [-0.3, -0.25) is 9.69 Å². The van der Waals surface area contributed by atoms with Gasteiger partial charge in [-0.05, 0) is 30.5 Å². The van der Waals surface area contributed by atoms with Crippen molar-refractivity contribution in [3.05, 3.63) is 46.7 Å². The lowest BCUT2D eigenvalue weighted by Crippen LogP contribution is -2.36. The van der Waals surface area contributed by atoms with Crippen LogP contribution in [0, 0.1) is 6.92 Å². The fraction of sp³-hybridized carbons (Fsp3) is 0.200. The van der Waals surface area contributed by atoms with Crippen LogP contribution in [0.2, 0.25) is 0 Å². The first-order valence-corrected chi connectivity index (χ1v) is 7.40. The van der Waals surface area contributed by atoms with E-state index in [0.717, 1.165) is 5.56 Å².